The van der Waals surface area contributed by atoms with Gasteiger partial charge in [-0.15, -0.1) is 0 Å². The van der Waals surface area contributed by atoms with Crippen LogP contribution in [-0.4, -0.2) is 41.5 Å². The van der Waals surface area contributed by atoms with E-state index >= 15 is 0 Å². The molecule has 5 heterocycles. The Morgan fingerprint density at radius 3 is 2.76 bits per heavy atom. The van der Waals surface area contributed by atoms with Gasteiger partial charge >= 0.3 is 0 Å². The molecular formula is C23H15ClN8O2. The first-order valence-electron chi connectivity index (χ1n) is 10.4. The van der Waals surface area contributed by atoms with Gasteiger partial charge in [-0.1, -0.05) is 29.8 Å². The fraction of sp³-hybridized carbons (Fsp3) is 0.130. The van der Waals surface area contributed by atoms with Crippen molar-refractivity contribution in [2.45, 2.75) is 12.5 Å². The van der Waals surface area contributed by atoms with E-state index in [4.69, 9.17) is 16.7 Å². The zero-order chi connectivity index (χ0) is 23.4. The van der Waals surface area contributed by atoms with Crippen molar-refractivity contribution >= 4 is 39.8 Å². The van der Waals surface area contributed by atoms with Gasteiger partial charge in [0.1, 0.15) is 29.4 Å². The summed E-state index contributed by atoms with van der Waals surface area (Å²) in [6.45, 7) is 0.0575. The number of nitrogens with one attached hydrogen (secondary N) is 1. The fourth-order valence-corrected chi connectivity index (χ4v) is 4.71. The molecule has 1 aliphatic rings. The quantitative estimate of drug-likeness (QED) is 0.429. The van der Waals surface area contributed by atoms with E-state index in [1.54, 1.807) is 35.5 Å². The maximum Gasteiger partial charge on any atom is 0.284 e. The van der Waals surface area contributed by atoms with Crippen molar-refractivity contribution in [1.29, 1.82) is 5.26 Å². The number of aromatic amines is 1. The first-order valence-corrected chi connectivity index (χ1v) is 10.8. The third-order valence-electron chi connectivity index (χ3n) is 5.96. The van der Waals surface area contributed by atoms with Gasteiger partial charge < -0.3 is 9.88 Å². The van der Waals surface area contributed by atoms with Crippen LogP contribution in [0.4, 0.5) is 5.82 Å². The number of hydrogen-bond donors (Lipinski definition) is 1. The molecule has 0 aliphatic carbocycles. The van der Waals surface area contributed by atoms with Crippen LogP contribution in [0.3, 0.4) is 0 Å². The Balaban J connectivity index is 1.63. The Morgan fingerprint density at radius 1 is 1.15 bits per heavy atom. The molecule has 1 atom stereocenters. The van der Waals surface area contributed by atoms with E-state index in [0.29, 0.717) is 33.9 Å². The number of carbonyl (C=O) groups excluding carboxylic acids is 1. The Kier molecular flexibility index (Phi) is 4.46. The number of halogens is 1. The summed E-state index contributed by atoms with van der Waals surface area (Å²) in [5.41, 5.74) is 1.34. The van der Waals surface area contributed by atoms with Crippen molar-refractivity contribution in [3.63, 3.8) is 0 Å². The van der Waals surface area contributed by atoms with Crippen molar-refractivity contribution in [3.05, 3.63) is 81.9 Å². The van der Waals surface area contributed by atoms with Crippen LogP contribution in [0.1, 0.15) is 23.9 Å². The molecule has 4 aromatic heterocycles. The lowest BCUT2D eigenvalue weighted by Crippen LogP contribution is -2.33. The zero-order valence-corrected chi connectivity index (χ0v) is 18.3. The Hall–Kier alpha value is -4.49. The van der Waals surface area contributed by atoms with Gasteiger partial charge in [-0.3, -0.25) is 14.2 Å². The third-order valence-corrected chi connectivity index (χ3v) is 6.27. The number of H-pyrrole nitrogens is 1. The van der Waals surface area contributed by atoms with Crippen molar-refractivity contribution < 1.29 is 4.79 Å². The van der Waals surface area contributed by atoms with E-state index in [2.05, 4.69) is 21.0 Å². The van der Waals surface area contributed by atoms with Crippen LogP contribution < -0.4 is 10.5 Å². The Morgan fingerprint density at radius 2 is 1.97 bits per heavy atom. The molecule has 0 amide bonds. The zero-order valence-electron chi connectivity index (χ0n) is 17.5. The number of carbonyl (C=O) groups is 1. The minimum Gasteiger partial charge on any atom is -0.345 e. The molecule has 1 aliphatic heterocycles. The standard InChI is InChI=1S/C23H15ClN8O2/c24-16-6-7-31-19(16)23(34)32(14-4-2-1-3-5-14)21(29-31)17-8-15(33)11-30(17)22-18-13(9-25)10-26-20(18)27-12-28-22/h1-7,10,12,17H,8,11H2,(H,26,27,28)/t17-/m0/s1. The number of anilines is 1. The number of para-hydroxylation sites is 1. The van der Waals surface area contributed by atoms with Crippen LogP contribution in [0.5, 0.6) is 0 Å². The normalized spacial score (nSPS) is 15.9. The molecule has 11 heteroatoms. The van der Waals surface area contributed by atoms with Crippen molar-refractivity contribution in [3.8, 4) is 11.8 Å². The smallest absolute Gasteiger partial charge is 0.284 e. The van der Waals surface area contributed by atoms with Crippen LogP contribution in [0, 0.1) is 11.3 Å². The molecule has 1 saturated heterocycles. The molecule has 1 N–H and O–H groups in total. The number of hydrogen-bond acceptors (Lipinski definition) is 7. The van der Waals surface area contributed by atoms with Gasteiger partial charge in [0.15, 0.2) is 11.6 Å². The second-order valence-electron chi connectivity index (χ2n) is 7.91. The number of nitrogens with zero attached hydrogens (tertiary/aromatic N) is 7. The van der Waals surface area contributed by atoms with Gasteiger partial charge in [-0.25, -0.2) is 14.5 Å². The monoisotopic (exact) mass is 470 g/mol. The summed E-state index contributed by atoms with van der Waals surface area (Å²) >= 11 is 6.29. The summed E-state index contributed by atoms with van der Waals surface area (Å²) in [5, 5.41) is 15.1. The SMILES string of the molecule is N#Cc1c[nH]c2ncnc(N3CC(=O)C[C@H]3c3nn4ccc(Cl)c4c(=O)n3-c3ccccc3)c12. The first-order chi connectivity index (χ1) is 16.6. The van der Waals surface area contributed by atoms with Crippen LogP contribution in [-0.2, 0) is 4.79 Å². The second-order valence-corrected chi connectivity index (χ2v) is 8.32. The molecule has 1 fully saturated rings. The molecule has 6 rings (SSSR count). The third kappa shape index (κ3) is 2.91. The Bertz CT molecular complexity index is 1700. The van der Waals surface area contributed by atoms with E-state index in [1.165, 1.54) is 15.4 Å². The summed E-state index contributed by atoms with van der Waals surface area (Å²) in [6, 6.07) is 12.2. The van der Waals surface area contributed by atoms with Crippen LogP contribution in [0.2, 0.25) is 5.02 Å². The second kappa shape index (κ2) is 7.54. The lowest BCUT2D eigenvalue weighted by Gasteiger charge is -2.27. The molecule has 0 radical (unpaired) electrons. The highest BCUT2D eigenvalue weighted by molar-refractivity contribution is 6.33. The highest BCUT2D eigenvalue weighted by atomic mass is 35.5. The van der Waals surface area contributed by atoms with E-state index in [-0.39, 0.29) is 34.8 Å². The van der Waals surface area contributed by atoms with Crippen molar-refractivity contribution in [2.24, 2.45) is 0 Å². The lowest BCUT2D eigenvalue weighted by molar-refractivity contribution is -0.116. The summed E-state index contributed by atoms with van der Waals surface area (Å²) in [5.74, 6) is 0.756. The predicted molar refractivity (Wildman–Crippen MR) is 124 cm³/mol. The molecule has 34 heavy (non-hydrogen) atoms. The van der Waals surface area contributed by atoms with E-state index in [9.17, 15) is 14.9 Å². The molecule has 0 saturated carbocycles. The van der Waals surface area contributed by atoms with Crippen molar-refractivity contribution in [2.75, 3.05) is 11.4 Å². The molecule has 166 valence electrons. The van der Waals surface area contributed by atoms with Gasteiger partial charge in [0.2, 0.25) is 0 Å². The Labute approximate surface area is 196 Å². The summed E-state index contributed by atoms with van der Waals surface area (Å²) < 4.78 is 2.92. The van der Waals surface area contributed by atoms with E-state index in [1.807, 2.05) is 18.2 Å². The summed E-state index contributed by atoms with van der Waals surface area (Å²) in [7, 11) is 0. The largest absolute Gasteiger partial charge is 0.345 e. The summed E-state index contributed by atoms with van der Waals surface area (Å²) in [4.78, 5) is 39.7. The van der Waals surface area contributed by atoms with Crippen LogP contribution in [0.15, 0.2) is 59.9 Å². The molecule has 5 aromatic rings. The minimum absolute atomic E-state index is 0.0368. The van der Waals surface area contributed by atoms with Gasteiger partial charge in [-0.2, -0.15) is 10.4 Å². The van der Waals surface area contributed by atoms with Crippen molar-refractivity contribution in [1.82, 2.24) is 29.1 Å². The maximum absolute atomic E-state index is 13.6. The number of Topliss-reactive ketones (excluding diaryl/α,β-unsaturated/α-hetero) is 1. The van der Waals surface area contributed by atoms with Crippen LogP contribution in [0.25, 0.3) is 22.2 Å². The molecule has 0 spiro atoms. The molecular weight excluding hydrogens is 456 g/mol. The average molecular weight is 471 g/mol. The highest BCUT2D eigenvalue weighted by Gasteiger charge is 2.38. The average Bonchev–Trinajstić information content (AvgIpc) is 3.55. The number of rotatable bonds is 3. The first kappa shape index (κ1) is 20.1. The molecule has 0 bridgehead atoms. The number of fused-ring (bicyclic) bond motifs is 2. The van der Waals surface area contributed by atoms with E-state index < -0.39 is 6.04 Å². The van der Waals surface area contributed by atoms with E-state index in [0.717, 1.165) is 0 Å². The van der Waals surface area contributed by atoms with Crippen LogP contribution >= 0.6 is 11.6 Å². The topological polar surface area (TPSA) is 125 Å². The predicted octanol–water partition coefficient (Wildman–Crippen LogP) is 2.80. The fourth-order valence-electron chi connectivity index (χ4n) is 4.49. The van der Waals surface area contributed by atoms with Gasteiger partial charge in [0.05, 0.1) is 34.2 Å². The number of aromatic nitrogens is 6. The number of nitriles is 1. The molecule has 0 unspecified atom stereocenters. The van der Waals surface area contributed by atoms with Gasteiger partial charge in [0.25, 0.3) is 5.56 Å². The summed E-state index contributed by atoms with van der Waals surface area (Å²) in [6.07, 6.45) is 4.67. The maximum atomic E-state index is 13.6. The molecule has 1 aromatic carbocycles. The molecule has 10 nitrogen and oxygen atoms in total. The van der Waals surface area contributed by atoms with Gasteiger partial charge in [0, 0.05) is 18.8 Å². The highest BCUT2D eigenvalue weighted by Crippen LogP contribution is 2.37. The number of benzene rings is 1. The van der Waals surface area contributed by atoms with Gasteiger partial charge in [-0.05, 0) is 18.2 Å². The number of ketones is 1. The minimum atomic E-state index is -0.606. The lowest BCUT2D eigenvalue weighted by atomic mass is 10.1.